The first kappa shape index (κ1) is 11.9. The van der Waals surface area contributed by atoms with Gasteiger partial charge in [0.2, 0.25) is 0 Å². The molecule has 2 saturated heterocycles. The van der Waals surface area contributed by atoms with Crippen LogP contribution in [-0.4, -0.2) is 74.9 Å². The fourth-order valence-electron chi connectivity index (χ4n) is 2.87. The van der Waals surface area contributed by atoms with Crippen molar-refractivity contribution in [3.05, 3.63) is 0 Å². The molecule has 1 saturated carbocycles. The van der Waals surface area contributed by atoms with Crippen molar-refractivity contribution >= 4 is 0 Å². The molecule has 0 amide bonds. The lowest BCUT2D eigenvalue weighted by Gasteiger charge is -2.37. The number of hydrogen-bond acceptors (Lipinski definition) is 4. The number of ether oxygens (including phenoxy) is 1. The Balaban J connectivity index is 1.35. The second kappa shape index (κ2) is 5.65. The lowest BCUT2D eigenvalue weighted by atomic mass is 10.2. The maximum Gasteiger partial charge on any atom is 0.0632 e. The van der Waals surface area contributed by atoms with E-state index in [9.17, 15) is 0 Å². The lowest BCUT2D eigenvalue weighted by molar-refractivity contribution is 0.0498. The monoisotopic (exact) mass is 239 g/mol. The minimum absolute atomic E-state index is 0.554. The van der Waals surface area contributed by atoms with E-state index in [1.165, 1.54) is 45.6 Å². The van der Waals surface area contributed by atoms with E-state index in [-0.39, 0.29) is 0 Å². The van der Waals surface area contributed by atoms with Crippen LogP contribution in [0.15, 0.2) is 0 Å². The first-order chi connectivity index (χ1) is 8.40. The van der Waals surface area contributed by atoms with Gasteiger partial charge in [-0.3, -0.25) is 4.90 Å². The van der Waals surface area contributed by atoms with E-state index in [0.29, 0.717) is 6.04 Å². The molecular formula is C13H25N3O. The van der Waals surface area contributed by atoms with E-state index in [4.69, 9.17) is 4.74 Å². The Morgan fingerprint density at radius 2 is 1.71 bits per heavy atom. The highest BCUT2D eigenvalue weighted by atomic mass is 16.5. The summed E-state index contributed by atoms with van der Waals surface area (Å²) in [5, 5.41) is 3.54. The maximum atomic E-state index is 5.51. The summed E-state index contributed by atoms with van der Waals surface area (Å²) in [6.45, 7) is 10.3. The first-order valence-corrected chi connectivity index (χ1v) is 7.16. The Bertz CT molecular complexity index is 231. The quantitative estimate of drug-likeness (QED) is 0.747. The Hall–Kier alpha value is -0.160. The predicted octanol–water partition coefficient (Wildman–Crippen LogP) is 0.00240. The zero-order valence-electron chi connectivity index (χ0n) is 10.7. The fraction of sp³-hybridized carbons (Fsp3) is 1.00. The number of rotatable bonds is 4. The minimum Gasteiger partial charge on any atom is -0.378 e. The van der Waals surface area contributed by atoms with Crippen LogP contribution in [0.1, 0.15) is 12.8 Å². The summed E-state index contributed by atoms with van der Waals surface area (Å²) in [5.74, 6) is 1.04. The lowest BCUT2D eigenvalue weighted by Crippen LogP contribution is -2.53. The number of nitrogens with zero attached hydrogens (tertiary/aromatic N) is 2. The second-order valence-electron chi connectivity index (χ2n) is 5.77. The van der Waals surface area contributed by atoms with E-state index in [1.807, 2.05) is 0 Å². The van der Waals surface area contributed by atoms with Crippen molar-refractivity contribution < 1.29 is 4.74 Å². The van der Waals surface area contributed by atoms with Gasteiger partial charge >= 0.3 is 0 Å². The highest BCUT2D eigenvalue weighted by Crippen LogP contribution is 2.29. The number of morpholine rings is 1. The molecule has 0 spiro atoms. The van der Waals surface area contributed by atoms with Crippen molar-refractivity contribution in [3.8, 4) is 0 Å². The van der Waals surface area contributed by atoms with Gasteiger partial charge in [0.05, 0.1) is 13.2 Å². The molecule has 3 fully saturated rings. The second-order valence-corrected chi connectivity index (χ2v) is 5.77. The molecule has 3 rings (SSSR count). The largest absolute Gasteiger partial charge is 0.378 e. The van der Waals surface area contributed by atoms with Gasteiger partial charge in [-0.1, -0.05) is 0 Å². The summed E-state index contributed by atoms with van der Waals surface area (Å²) in [7, 11) is 0. The van der Waals surface area contributed by atoms with Gasteiger partial charge in [-0.05, 0) is 18.8 Å². The van der Waals surface area contributed by atoms with Crippen LogP contribution in [0, 0.1) is 5.92 Å². The van der Waals surface area contributed by atoms with E-state index in [0.717, 1.165) is 32.2 Å². The predicted molar refractivity (Wildman–Crippen MR) is 68.2 cm³/mol. The van der Waals surface area contributed by atoms with Gasteiger partial charge in [-0.15, -0.1) is 0 Å². The Kier molecular flexibility index (Phi) is 3.96. The smallest absolute Gasteiger partial charge is 0.0632 e. The normalized spacial score (nSPS) is 32.8. The van der Waals surface area contributed by atoms with Crippen LogP contribution in [0.25, 0.3) is 0 Å². The van der Waals surface area contributed by atoms with Gasteiger partial charge < -0.3 is 15.0 Å². The molecule has 1 N–H and O–H groups in total. The fourth-order valence-corrected chi connectivity index (χ4v) is 2.87. The molecule has 98 valence electrons. The number of hydrogen-bond donors (Lipinski definition) is 1. The average molecular weight is 239 g/mol. The highest BCUT2D eigenvalue weighted by molar-refractivity contribution is 4.82. The summed E-state index contributed by atoms with van der Waals surface area (Å²) in [4.78, 5) is 5.24. The van der Waals surface area contributed by atoms with Crippen molar-refractivity contribution in [3.63, 3.8) is 0 Å². The van der Waals surface area contributed by atoms with Gasteiger partial charge in [0.15, 0.2) is 0 Å². The molecule has 0 bridgehead atoms. The zero-order chi connectivity index (χ0) is 11.5. The summed E-state index contributed by atoms with van der Waals surface area (Å²) in [6.07, 6.45) is 2.95. The van der Waals surface area contributed by atoms with E-state index in [1.54, 1.807) is 0 Å². The average Bonchev–Trinajstić information content (AvgIpc) is 3.17. The summed E-state index contributed by atoms with van der Waals surface area (Å²) >= 11 is 0. The third-order valence-electron chi connectivity index (χ3n) is 4.16. The van der Waals surface area contributed by atoms with Gasteiger partial charge in [0.25, 0.3) is 0 Å². The molecule has 2 aliphatic heterocycles. The van der Waals surface area contributed by atoms with Gasteiger partial charge in [-0.25, -0.2) is 0 Å². The molecule has 2 heterocycles. The van der Waals surface area contributed by atoms with Crippen LogP contribution in [-0.2, 0) is 4.74 Å². The van der Waals surface area contributed by atoms with Crippen molar-refractivity contribution in [2.24, 2.45) is 5.92 Å². The van der Waals surface area contributed by atoms with Gasteiger partial charge in [-0.2, -0.15) is 0 Å². The van der Waals surface area contributed by atoms with Crippen molar-refractivity contribution in [1.82, 2.24) is 15.1 Å². The van der Waals surface area contributed by atoms with Crippen LogP contribution in [0.2, 0.25) is 0 Å². The topological polar surface area (TPSA) is 27.7 Å². The first-order valence-electron chi connectivity index (χ1n) is 7.16. The molecule has 0 aromatic heterocycles. The van der Waals surface area contributed by atoms with E-state index < -0.39 is 0 Å². The third-order valence-corrected chi connectivity index (χ3v) is 4.16. The van der Waals surface area contributed by atoms with Crippen LogP contribution in [0.4, 0.5) is 0 Å². The maximum absolute atomic E-state index is 5.51. The summed E-state index contributed by atoms with van der Waals surface area (Å²) < 4.78 is 5.51. The van der Waals surface area contributed by atoms with Crippen LogP contribution in [0.5, 0.6) is 0 Å². The molecule has 0 aromatic carbocycles. The van der Waals surface area contributed by atoms with Crippen LogP contribution in [0.3, 0.4) is 0 Å². The summed E-state index contributed by atoms with van der Waals surface area (Å²) in [5.41, 5.74) is 0. The molecule has 1 aliphatic carbocycles. The Labute approximate surface area is 104 Å². The molecule has 0 aromatic rings. The van der Waals surface area contributed by atoms with Crippen molar-refractivity contribution in [1.29, 1.82) is 0 Å². The van der Waals surface area contributed by atoms with Gasteiger partial charge in [0.1, 0.15) is 0 Å². The highest BCUT2D eigenvalue weighted by Gasteiger charge is 2.27. The molecule has 17 heavy (non-hydrogen) atoms. The van der Waals surface area contributed by atoms with Crippen molar-refractivity contribution in [2.45, 2.75) is 18.9 Å². The molecule has 1 atom stereocenters. The molecule has 1 unspecified atom stereocenters. The van der Waals surface area contributed by atoms with Crippen LogP contribution >= 0.6 is 0 Å². The van der Waals surface area contributed by atoms with E-state index >= 15 is 0 Å². The third kappa shape index (κ3) is 3.65. The van der Waals surface area contributed by atoms with Crippen molar-refractivity contribution in [2.75, 3.05) is 59.0 Å². The SMILES string of the molecule is C1COCC(CN2CCN(CC3CC3)CC2)N1. The Morgan fingerprint density at radius 1 is 1.00 bits per heavy atom. The van der Waals surface area contributed by atoms with Gasteiger partial charge in [0, 0.05) is 51.9 Å². The Morgan fingerprint density at radius 3 is 2.29 bits per heavy atom. The molecule has 4 heteroatoms. The van der Waals surface area contributed by atoms with Crippen LogP contribution < -0.4 is 5.32 Å². The summed E-state index contributed by atoms with van der Waals surface area (Å²) in [6, 6.07) is 0.554. The molecule has 4 nitrogen and oxygen atoms in total. The zero-order valence-corrected chi connectivity index (χ0v) is 10.7. The molecule has 0 radical (unpaired) electrons. The number of nitrogens with one attached hydrogen (secondary N) is 1. The van der Waals surface area contributed by atoms with E-state index in [2.05, 4.69) is 15.1 Å². The number of piperazine rings is 1. The minimum atomic E-state index is 0.554. The molecule has 3 aliphatic rings. The molecular weight excluding hydrogens is 214 g/mol. The standard InChI is InChI=1S/C13H25N3O/c1-2-12(1)9-15-4-6-16(7-5-15)10-13-11-17-8-3-14-13/h12-14H,1-11H2.